The predicted molar refractivity (Wildman–Crippen MR) is 509 cm³/mol. The number of benzene rings is 18. The third kappa shape index (κ3) is 10.7. The van der Waals surface area contributed by atoms with Crippen LogP contribution < -0.4 is 85.2 Å². The molecule has 18 aromatic carbocycles. The number of fused-ring (bicyclic) bond motifs is 20. The van der Waals surface area contributed by atoms with Crippen LogP contribution in [0, 0.1) is 5.82 Å². The minimum atomic E-state index is -5.75. The average Bonchev–Trinajstić information content (AvgIpc) is 0.653. The van der Waals surface area contributed by atoms with Gasteiger partial charge in [0.2, 0.25) is 13.4 Å². The molecule has 14 heteroatoms. The number of para-hydroxylation sites is 6. The van der Waals surface area contributed by atoms with E-state index in [2.05, 4.69) is 6.07 Å². The molecule has 0 spiro atoms. The predicted octanol–water partition coefficient (Wildman–Crippen LogP) is 21.3. The standard InChI is InChI=1S/C60H37B2FN2S.C49H29B2F3N2S/c63-56-59-54-58-55-60(56)66-53-31-16-14-29-47(53)62(55)49-37-43(39-20-7-2-8-21-39)33-35-52(49)64(58)51-34-32-42(38-18-5-1-6-19-38)36-48(51)61(54)46-28-13-15-30-50(46)65(59)57-44(40-22-9-3-10-23-40)26-17-27-45(57)41-24-11-4-12-25-41;52-49(53,54)42-46-43-47-44-48(42)57-41-29-14-10-25-37(41)51(44)35-23-8-12-27-39(35)55(47)38-26-11-7-22-34(38)50(43)36-24-9-13-28-40(36)56(46)45-32(30-16-3-1-4-17-30)20-15-21-33(45)31-18-5-2-6-19-31/h1-37H;1-29H/i3D,4D,9D,10D,11D,12D,13D,15D,17D,22D,23D,24D,25D,26D,27D,28D,30D;1D,2D,3D,4D,5D,6D,7D,8D,9D,11D,12D,13D,15D,16D,17D,18D,19D,20D,21D,22D,23D,24D,26D,27D,28D. The zero-order valence-corrected chi connectivity index (χ0v) is 64.4. The van der Waals surface area contributed by atoms with Crippen LogP contribution in [0.15, 0.2) is 419 Å². The molecular formula is C109H66B4F4N4S2. The van der Waals surface area contributed by atoms with Gasteiger partial charge < -0.3 is 19.6 Å². The SMILES string of the molecule is [2H]c1c([2H])c([2H])c(-c2c([2H])c([2H])c([2H])c(-c3c([2H])c([2H])c([2H])c([2H])c3[2H])c2N2c3c([2H])c([2H])c([2H])c([2H])c3B3c4c([2H])c([2H])c([2H])c([2H])c4N4c5c([2H])c([2H])c([2H])c([2H])c5B5c6ccccc6Sc6c5c4c3c2c6C(F)(F)F)c([2H])c1[2H].[2H]c1c([2H])c([2H])c(-c2c([2H])c([2H])c([2H])c(-c3c([2H])c([2H])c([2H])c([2H])c3[2H])c2N2c3c([2H])c([2H])c([2H])c([2H])c3B3c4cc(-c5ccccc5)ccc4N4c5ccc(-c6ccccc6)cc5B5c6ccccc6Sc6c(F)c2c3c4c65)c([2H])c1[2H]. The Morgan fingerprint density at radius 3 is 0.992 bits per heavy atom. The maximum absolute atomic E-state index is 20.2. The molecule has 0 radical (unpaired) electrons. The number of nitrogens with zero attached hydrogens (tertiary/aromatic N) is 4. The summed E-state index contributed by atoms with van der Waals surface area (Å²) in [6, 6.07) is 3.01. The second-order valence-electron chi connectivity index (χ2n) is 29.5. The third-order valence-electron chi connectivity index (χ3n) is 23.5. The normalized spacial score (nSPS) is 18.4. The lowest BCUT2D eigenvalue weighted by molar-refractivity contribution is -0.139. The summed E-state index contributed by atoms with van der Waals surface area (Å²) in [7, 11) is 0. The van der Waals surface area contributed by atoms with Gasteiger partial charge >= 0.3 is 6.18 Å². The summed E-state index contributed by atoms with van der Waals surface area (Å²) in [4.78, 5) is 4.50. The smallest absolute Gasteiger partial charge is 0.312 e. The fourth-order valence-electron chi connectivity index (χ4n) is 18.8. The minimum Gasteiger partial charge on any atom is -0.312 e. The van der Waals surface area contributed by atoms with Crippen LogP contribution in [0.1, 0.15) is 63.1 Å². The van der Waals surface area contributed by atoms with Gasteiger partial charge in [0, 0.05) is 87.3 Å². The molecule has 8 aliphatic heterocycles. The Bertz CT molecular complexity index is 9890. The maximum atomic E-state index is 20.2. The average molecular weight is 1660 g/mol. The van der Waals surface area contributed by atoms with E-state index in [1.807, 2.05) is 120 Å². The Morgan fingerprint density at radius 2 is 0.569 bits per heavy atom. The van der Waals surface area contributed by atoms with Gasteiger partial charge in [-0.2, -0.15) is 13.2 Å². The maximum Gasteiger partial charge on any atom is 0.419 e. The van der Waals surface area contributed by atoms with Crippen LogP contribution in [0.3, 0.4) is 0 Å². The van der Waals surface area contributed by atoms with E-state index in [0.29, 0.717) is 55.1 Å². The van der Waals surface area contributed by atoms with Crippen molar-refractivity contribution >= 4 is 184 Å². The van der Waals surface area contributed by atoms with E-state index in [0.717, 1.165) is 49.2 Å². The molecule has 8 heterocycles. The quantitative estimate of drug-likeness (QED) is 0.110. The number of hydrogen-bond acceptors (Lipinski definition) is 6. The molecule has 0 saturated heterocycles. The minimum absolute atomic E-state index is 0.0728. The molecule has 4 nitrogen and oxygen atoms in total. The van der Waals surface area contributed by atoms with Crippen LogP contribution in [0.5, 0.6) is 0 Å². The van der Waals surface area contributed by atoms with Crippen molar-refractivity contribution in [3.8, 4) is 66.8 Å². The van der Waals surface area contributed by atoms with E-state index in [4.69, 9.17) is 21.9 Å². The van der Waals surface area contributed by atoms with Crippen LogP contribution in [0.25, 0.3) is 66.8 Å². The molecule has 0 fully saturated rings. The van der Waals surface area contributed by atoms with Gasteiger partial charge in [0.25, 0.3) is 13.4 Å². The molecule has 574 valence electrons. The highest BCUT2D eigenvalue weighted by Crippen LogP contribution is 2.59. The first kappa shape index (κ1) is 41.4. The molecule has 0 unspecified atom stereocenters. The van der Waals surface area contributed by atoms with Gasteiger partial charge in [-0.3, -0.25) is 0 Å². The monoisotopic (exact) mass is 1660 g/mol. The highest BCUT2D eigenvalue weighted by molar-refractivity contribution is 8.00. The van der Waals surface area contributed by atoms with E-state index in [-0.39, 0.29) is 37.1 Å². The molecule has 0 amide bonds. The van der Waals surface area contributed by atoms with E-state index in [1.165, 1.54) is 24.3 Å². The molecule has 0 atom stereocenters. The first-order valence-electron chi connectivity index (χ1n) is 59.4. The molecule has 0 aliphatic carbocycles. The second kappa shape index (κ2) is 28.0. The zero-order valence-electron chi connectivity index (χ0n) is 105. The molecule has 0 N–H and O–H groups in total. The Labute approximate surface area is 779 Å². The fraction of sp³-hybridized carbons (Fsp3) is 0.00917. The number of halogens is 4. The lowest BCUT2D eigenvalue weighted by atomic mass is 9.29. The van der Waals surface area contributed by atoms with E-state index in [1.54, 1.807) is 0 Å². The fourth-order valence-corrected chi connectivity index (χ4v) is 21.3. The summed E-state index contributed by atoms with van der Waals surface area (Å²) < 4.78 is 463. The zero-order chi connectivity index (χ0) is 118. The third-order valence-corrected chi connectivity index (χ3v) is 25.9. The van der Waals surface area contributed by atoms with Crippen LogP contribution in [0.2, 0.25) is 0 Å². The van der Waals surface area contributed by atoms with Crippen LogP contribution >= 0.6 is 23.5 Å². The molecule has 8 aliphatic rings. The van der Waals surface area contributed by atoms with E-state index < -0.39 is 415 Å². The van der Waals surface area contributed by atoms with Gasteiger partial charge in [-0.1, -0.05) is 385 Å². The number of hydrogen-bond donors (Lipinski definition) is 0. The van der Waals surface area contributed by atoms with Crippen molar-refractivity contribution in [1.82, 2.24) is 0 Å². The summed E-state index contributed by atoms with van der Waals surface area (Å²) >= 11 is 1.59. The van der Waals surface area contributed by atoms with Gasteiger partial charge in [0.05, 0.1) is 85.9 Å². The topological polar surface area (TPSA) is 13.0 Å². The summed E-state index contributed by atoms with van der Waals surface area (Å²) in [6.45, 7) is -5.76. The van der Waals surface area contributed by atoms with Gasteiger partial charge in [-0.05, 0) is 148 Å². The molecule has 26 rings (SSSR count). The summed E-state index contributed by atoms with van der Waals surface area (Å²) in [5, 5.41) is 0. The van der Waals surface area contributed by atoms with Gasteiger partial charge in [0.1, 0.15) is 0 Å². The van der Waals surface area contributed by atoms with Crippen LogP contribution in [-0.4, -0.2) is 26.9 Å². The van der Waals surface area contributed by atoms with Gasteiger partial charge in [-0.15, -0.1) is 0 Å². The summed E-state index contributed by atoms with van der Waals surface area (Å²) in [6.07, 6.45) is -5.75. The van der Waals surface area contributed by atoms with Gasteiger partial charge in [-0.25, -0.2) is 4.39 Å². The van der Waals surface area contributed by atoms with Crippen LogP contribution in [-0.2, 0) is 6.18 Å². The second-order valence-corrected chi connectivity index (χ2v) is 31.6. The lowest BCUT2D eigenvalue weighted by Gasteiger charge is -2.50. The van der Waals surface area contributed by atoms with Crippen molar-refractivity contribution in [3.05, 3.63) is 411 Å². The van der Waals surface area contributed by atoms with Crippen molar-refractivity contribution in [2.75, 3.05) is 19.6 Å². The Morgan fingerprint density at radius 1 is 0.244 bits per heavy atom. The van der Waals surface area contributed by atoms with Crippen molar-refractivity contribution in [2.45, 2.75) is 25.8 Å². The van der Waals surface area contributed by atoms with Crippen molar-refractivity contribution in [1.29, 1.82) is 0 Å². The molecule has 0 saturated carbocycles. The number of rotatable bonds is 8. The lowest BCUT2D eigenvalue weighted by Crippen LogP contribution is -2.68. The van der Waals surface area contributed by atoms with Crippen molar-refractivity contribution in [2.24, 2.45) is 0 Å². The highest BCUT2D eigenvalue weighted by atomic mass is 32.2. The van der Waals surface area contributed by atoms with E-state index in [9.17, 15) is 35.6 Å². The first-order valence-corrected chi connectivity index (χ1v) is 40.1. The Balaban J connectivity index is 0.000000167. The summed E-state index contributed by atoms with van der Waals surface area (Å²) in [5.74, 6) is -0.969. The van der Waals surface area contributed by atoms with Crippen molar-refractivity contribution < 1.29 is 75.1 Å². The van der Waals surface area contributed by atoms with Gasteiger partial charge in [0.15, 0.2) is 5.82 Å². The first-order chi connectivity index (χ1) is 78.1. The Kier molecular flexibility index (Phi) is 9.41. The number of anilines is 12. The molecule has 123 heavy (non-hydrogen) atoms. The summed E-state index contributed by atoms with van der Waals surface area (Å²) in [5.41, 5.74) is -11.0. The largest absolute Gasteiger partial charge is 0.419 e. The highest BCUT2D eigenvalue weighted by Gasteiger charge is 2.57. The van der Waals surface area contributed by atoms with Crippen molar-refractivity contribution in [3.63, 3.8) is 0 Å². The molecule has 0 aromatic heterocycles. The van der Waals surface area contributed by atoms with Crippen LogP contribution in [0.4, 0.5) is 85.8 Å². The number of alkyl halides is 3. The molecule has 0 bridgehead atoms. The Hall–Kier alpha value is -14.2. The molecule has 18 aromatic rings. The van der Waals surface area contributed by atoms with E-state index >= 15 is 17.6 Å². The molecular weight excluding hydrogens is 1550 g/mol.